The number of carbonyl (C=O) groups excluding carboxylic acids is 2. The first kappa shape index (κ1) is 21.8. The molecule has 29 heavy (non-hydrogen) atoms. The number of nitrogens with one attached hydrogen (secondary N) is 2. The molecule has 0 radical (unpaired) electrons. The minimum absolute atomic E-state index is 0.171. The lowest BCUT2D eigenvalue weighted by atomic mass is 9.81. The summed E-state index contributed by atoms with van der Waals surface area (Å²) >= 11 is 2.81. The van der Waals surface area contributed by atoms with Crippen LogP contribution >= 0.6 is 23.1 Å². The van der Waals surface area contributed by atoms with Crippen molar-refractivity contribution >= 4 is 40.0 Å². The molecule has 0 aromatic carbocycles. The summed E-state index contributed by atoms with van der Waals surface area (Å²) in [5.41, 5.74) is 0.976. The molecule has 2 N–H and O–H groups in total. The third kappa shape index (κ3) is 4.99. The van der Waals surface area contributed by atoms with E-state index in [2.05, 4.69) is 43.3 Å². The molecule has 1 aliphatic rings. The number of fused-ring (bicyclic) bond motifs is 1. The first-order valence-corrected chi connectivity index (χ1v) is 11.4. The summed E-state index contributed by atoms with van der Waals surface area (Å²) in [6, 6.07) is 5.58. The van der Waals surface area contributed by atoms with Crippen LogP contribution in [0, 0.1) is 0 Å². The van der Waals surface area contributed by atoms with Gasteiger partial charge in [-0.25, -0.2) is 9.78 Å². The molecule has 1 amide bonds. The molecule has 8 heteroatoms. The van der Waals surface area contributed by atoms with Gasteiger partial charge in [0.1, 0.15) is 5.00 Å². The van der Waals surface area contributed by atoms with Gasteiger partial charge in [0, 0.05) is 22.2 Å². The Kier molecular flexibility index (Phi) is 6.36. The second kappa shape index (κ2) is 8.45. The average molecular weight is 434 g/mol. The number of pyridine rings is 1. The fourth-order valence-corrected chi connectivity index (χ4v) is 5.71. The number of anilines is 1. The third-order valence-electron chi connectivity index (χ3n) is 4.57. The van der Waals surface area contributed by atoms with Crippen molar-refractivity contribution in [3.63, 3.8) is 0 Å². The number of hydrogen-bond donors (Lipinski definition) is 2. The Labute approximate surface area is 179 Å². The first-order valence-electron chi connectivity index (χ1n) is 9.59. The predicted molar refractivity (Wildman–Crippen MR) is 118 cm³/mol. The van der Waals surface area contributed by atoms with Crippen molar-refractivity contribution < 1.29 is 14.3 Å². The number of esters is 1. The van der Waals surface area contributed by atoms with E-state index in [4.69, 9.17) is 4.74 Å². The van der Waals surface area contributed by atoms with Crippen LogP contribution in [0.5, 0.6) is 0 Å². The number of thiophene rings is 1. The summed E-state index contributed by atoms with van der Waals surface area (Å²) < 4.78 is 5.32. The Hall–Kier alpha value is -1.90. The zero-order valence-corrected chi connectivity index (χ0v) is 19.1. The average Bonchev–Trinajstić information content (AvgIpc) is 2.98. The van der Waals surface area contributed by atoms with Crippen LogP contribution in [0.2, 0.25) is 0 Å². The van der Waals surface area contributed by atoms with E-state index >= 15 is 0 Å². The number of rotatable bonds is 6. The maximum absolute atomic E-state index is 12.8. The number of aromatic nitrogens is 1. The van der Waals surface area contributed by atoms with Gasteiger partial charge in [0.2, 0.25) is 5.91 Å². The molecule has 2 aromatic rings. The molecular formula is C21H27N3O3S2. The van der Waals surface area contributed by atoms with Gasteiger partial charge in [-0.15, -0.1) is 11.3 Å². The lowest BCUT2D eigenvalue weighted by molar-refractivity contribution is -0.113. The SMILES string of the molecule is CCOC(=O)c1c(NC(=O)CSc2ccccn2)sc2c1CC(C)(C)NC2(C)C. The van der Waals surface area contributed by atoms with Gasteiger partial charge in [-0.1, -0.05) is 17.8 Å². The number of thioether (sulfide) groups is 1. The van der Waals surface area contributed by atoms with Crippen LogP contribution in [0.25, 0.3) is 0 Å². The lowest BCUT2D eigenvalue weighted by Crippen LogP contribution is -2.55. The van der Waals surface area contributed by atoms with Gasteiger partial charge in [-0.3, -0.25) is 4.79 Å². The summed E-state index contributed by atoms with van der Waals surface area (Å²) in [6.07, 6.45) is 2.39. The van der Waals surface area contributed by atoms with Crippen molar-refractivity contribution in [2.24, 2.45) is 0 Å². The maximum Gasteiger partial charge on any atom is 0.341 e. The van der Waals surface area contributed by atoms with E-state index in [1.54, 1.807) is 13.1 Å². The van der Waals surface area contributed by atoms with Crippen LogP contribution in [0.1, 0.15) is 55.4 Å². The van der Waals surface area contributed by atoms with E-state index in [0.29, 0.717) is 17.0 Å². The van der Waals surface area contributed by atoms with Crippen molar-refractivity contribution in [2.75, 3.05) is 17.7 Å². The summed E-state index contributed by atoms with van der Waals surface area (Å²) in [5, 5.41) is 7.92. The highest BCUT2D eigenvalue weighted by atomic mass is 32.2. The monoisotopic (exact) mass is 433 g/mol. The van der Waals surface area contributed by atoms with E-state index in [1.165, 1.54) is 23.1 Å². The summed E-state index contributed by atoms with van der Waals surface area (Å²) in [7, 11) is 0. The molecule has 6 nitrogen and oxygen atoms in total. The standard InChI is InChI=1S/C21H27N3O3S2/c1-6-27-19(26)16-13-11-20(2,3)24-21(4,5)17(13)29-18(16)23-14(25)12-28-15-9-7-8-10-22-15/h7-10,24H,6,11-12H2,1-5H3,(H,23,25). The summed E-state index contributed by atoms with van der Waals surface area (Å²) in [6.45, 7) is 10.5. The Bertz CT molecular complexity index is 907. The Morgan fingerprint density at radius 2 is 2.07 bits per heavy atom. The second-order valence-corrected chi connectivity index (χ2v) is 10.2. The van der Waals surface area contributed by atoms with Gasteiger partial charge >= 0.3 is 5.97 Å². The van der Waals surface area contributed by atoms with Crippen molar-refractivity contribution in [1.82, 2.24) is 10.3 Å². The molecule has 0 atom stereocenters. The Morgan fingerprint density at radius 1 is 1.31 bits per heavy atom. The molecule has 0 bridgehead atoms. The molecule has 0 spiro atoms. The topological polar surface area (TPSA) is 80.3 Å². The molecule has 3 rings (SSSR count). The highest BCUT2D eigenvalue weighted by Gasteiger charge is 2.42. The zero-order chi connectivity index (χ0) is 21.2. The van der Waals surface area contributed by atoms with Crippen molar-refractivity contribution in [2.45, 2.75) is 57.1 Å². The van der Waals surface area contributed by atoms with Crippen LogP contribution in [0.15, 0.2) is 29.4 Å². The van der Waals surface area contributed by atoms with Crippen molar-refractivity contribution in [3.05, 3.63) is 40.4 Å². The highest BCUT2D eigenvalue weighted by Crippen LogP contribution is 2.45. The Balaban J connectivity index is 1.89. The number of hydrogen-bond acceptors (Lipinski definition) is 7. The first-order chi connectivity index (χ1) is 13.6. The van der Waals surface area contributed by atoms with E-state index in [9.17, 15) is 9.59 Å². The largest absolute Gasteiger partial charge is 0.462 e. The number of amides is 1. The second-order valence-electron chi connectivity index (χ2n) is 8.15. The molecular weight excluding hydrogens is 406 g/mol. The number of ether oxygens (including phenoxy) is 1. The van der Waals surface area contributed by atoms with Gasteiger partial charge in [0.25, 0.3) is 0 Å². The fourth-order valence-electron chi connectivity index (χ4n) is 3.77. The molecule has 0 fully saturated rings. The highest BCUT2D eigenvalue weighted by molar-refractivity contribution is 7.99. The molecule has 0 saturated carbocycles. The molecule has 156 valence electrons. The van der Waals surface area contributed by atoms with Crippen LogP contribution in [-0.2, 0) is 21.5 Å². The van der Waals surface area contributed by atoms with Gasteiger partial charge in [0.05, 0.1) is 22.9 Å². The normalized spacial score (nSPS) is 16.7. The fraction of sp³-hybridized carbons (Fsp3) is 0.476. The smallest absolute Gasteiger partial charge is 0.341 e. The van der Waals surface area contributed by atoms with E-state index in [1.807, 2.05) is 18.2 Å². The molecule has 3 heterocycles. The Morgan fingerprint density at radius 3 is 2.72 bits per heavy atom. The minimum atomic E-state index is -0.383. The van der Waals surface area contributed by atoms with Gasteiger partial charge in [-0.05, 0) is 58.7 Å². The quantitative estimate of drug-likeness (QED) is 0.525. The number of carbonyl (C=O) groups is 2. The van der Waals surface area contributed by atoms with Crippen LogP contribution in [0.4, 0.5) is 5.00 Å². The van der Waals surface area contributed by atoms with Crippen LogP contribution < -0.4 is 10.6 Å². The van der Waals surface area contributed by atoms with E-state index in [0.717, 1.165) is 15.5 Å². The summed E-state index contributed by atoms with van der Waals surface area (Å²) in [5.74, 6) is -0.337. The van der Waals surface area contributed by atoms with Gasteiger partial charge in [-0.2, -0.15) is 0 Å². The predicted octanol–water partition coefficient (Wildman–Crippen LogP) is 4.21. The maximum atomic E-state index is 12.8. The lowest BCUT2D eigenvalue weighted by Gasteiger charge is -2.42. The van der Waals surface area contributed by atoms with E-state index in [-0.39, 0.29) is 35.3 Å². The third-order valence-corrected chi connectivity index (χ3v) is 6.98. The number of nitrogens with zero attached hydrogens (tertiary/aromatic N) is 1. The van der Waals surface area contributed by atoms with Gasteiger partial charge < -0.3 is 15.4 Å². The minimum Gasteiger partial charge on any atom is -0.462 e. The molecule has 0 unspecified atom stereocenters. The van der Waals surface area contributed by atoms with E-state index < -0.39 is 0 Å². The summed E-state index contributed by atoms with van der Waals surface area (Å²) in [4.78, 5) is 30.7. The molecule has 2 aromatic heterocycles. The molecule has 0 aliphatic carbocycles. The van der Waals surface area contributed by atoms with Gasteiger partial charge in [0.15, 0.2) is 0 Å². The molecule has 0 saturated heterocycles. The van der Waals surface area contributed by atoms with Crippen molar-refractivity contribution in [1.29, 1.82) is 0 Å². The van der Waals surface area contributed by atoms with Crippen LogP contribution in [-0.4, -0.2) is 34.8 Å². The van der Waals surface area contributed by atoms with Crippen LogP contribution in [0.3, 0.4) is 0 Å². The molecule has 1 aliphatic heterocycles. The van der Waals surface area contributed by atoms with Crippen molar-refractivity contribution in [3.8, 4) is 0 Å². The zero-order valence-electron chi connectivity index (χ0n) is 17.4.